The van der Waals surface area contributed by atoms with Crippen molar-refractivity contribution in [2.24, 2.45) is 4.99 Å². The molecule has 0 amide bonds. The molecule has 6 nitrogen and oxygen atoms in total. The summed E-state index contributed by atoms with van der Waals surface area (Å²) in [6.07, 6.45) is 3.56. The minimum Gasteiger partial charge on any atom is -0.297 e. The smallest absolute Gasteiger partial charge is 0.250 e. The highest BCUT2D eigenvalue weighted by Gasteiger charge is 2.07. The summed E-state index contributed by atoms with van der Waals surface area (Å²) in [5, 5.41) is 11.5. The summed E-state index contributed by atoms with van der Waals surface area (Å²) in [6.45, 7) is 4.82. The lowest BCUT2D eigenvalue weighted by atomic mass is 10.2. The highest BCUT2D eigenvalue weighted by molar-refractivity contribution is 8.13. The maximum Gasteiger partial charge on any atom is 0.250 e. The molecule has 1 aromatic rings. The van der Waals surface area contributed by atoms with Gasteiger partial charge in [0.05, 0.1) is 6.54 Å². The molecule has 116 valence electrons. The maximum atomic E-state index is 10.5. The molecule has 0 spiro atoms. The Balaban J connectivity index is 2.48. The van der Waals surface area contributed by atoms with Crippen LogP contribution in [0.3, 0.4) is 0 Å². The van der Waals surface area contributed by atoms with Gasteiger partial charge in [0.1, 0.15) is 10.2 Å². The molecule has 0 aliphatic carbocycles. The minimum absolute atomic E-state index is 0.200. The number of rotatable bonds is 8. The molecule has 1 aromatic heterocycles. The highest BCUT2D eigenvalue weighted by Crippen LogP contribution is 2.08. The summed E-state index contributed by atoms with van der Waals surface area (Å²) in [7, 11) is 0. The Labute approximate surface area is 133 Å². The summed E-state index contributed by atoms with van der Waals surface area (Å²) < 4.78 is 0. The first-order chi connectivity index (χ1) is 10.0. The quantitative estimate of drug-likeness (QED) is 0.241. The first-order valence-corrected chi connectivity index (χ1v) is 8.17. The van der Waals surface area contributed by atoms with E-state index in [2.05, 4.69) is 21.8 Å². The third-order valence-electron chi connectivity index (χ3n) is 2.85. The molecule has 0 saturated heterocycles. The lowest BCUT2D eigenvalue weighted by molar-refractivity contribution is -0.462. The predicted octanol–water partition coefficient (Wildman–Crippen LogP) is 2.60. The Kier molecular flexibility index (Phi) is 8.26. The molecule has 0 N–H and O–H groups in total. The van der Waals surface area contributed by atoms with Crippen LogP contribution in [0.5, 0.6) is 0 Å². The van der Waals surface area contributed by atoms with Gasteiger partial charge in [0, 0.05) is 24.2 Å². The van der Waals surface area contributed by atoms with Crippen LogP contribution >= 0.6 is 23.4 Å². The fraction of sp³-hybridized carbons (Fsp3) is 0.538. The Morgan fingerprint density at radius 3 is 2.86 bits per heavy atom. The van der Waals surface area contributed by atoms with Gasteiger partial charge in [-0.1, -0.05) is 24.6 Å². The van der Waals surface area contributed by atoms with Crippen molar-refractivity contribution in [2.45, 2.75) is 13.5 Å². The molecule has 0 unspecified atom stereocenters. The zero-order valence-corrected chi connectivity index (χ0v) is 13.7. The first kappa shape index (κ1) is 17.9. The van der Waals surface area contributed by atoms with Crippen LogP contribution in [0.1, 0.15) is 12.5 Å². The Hall–Kier alpha value is -1.18. The average molecular weight is 331 g/mol. The van der Waals surface area contributed by atoms with Gasteiger partial charge in [0.2, 0.25) is 0 Å². The third-order valence-corrected chi connectivity index (χ3v) is 3.80. The van der Waals surface area contributed by atoms with Crippen molar-refractivity contribution in [3.8, 4) is 0 Å². The number of halogens is 1. The number of thioether (sulfide) groups is 1. The van der Waals surface area contributed by atoms with Crippen LogP contribution in [0, 0.1) is 10.1 Å². The molecule has 0 aliphatic heterocycles. The SMILES string of the molecule is CCN(CCN=C(C[N+](=O)[O-])SC)Cc1ccc(Cl)nc1. The lowest BCUT2D eigenvalue weighted by Gasteiger charge is -2.19. The predicted molar refractivity (Wildman–Crippen MR) is 87.9 cm³/mol. The molecule has 0 radical (unpaired) electrons. The molecular weight excluding hydrogens is 312 g/mol. The third kappa shape index (κ3) is 7.40. The van der Waals surface area contributed by atoms with E-state index >= 15 is 0 Å². The fourth-order valence-corrected chi connectivity index (χ4v) is 2.28. The van der Waals surface area contributed by atoms with E-state index in [1.807, 2.05) is 6.07 Å². The first-order valence-electron chi connectivity index (χ1n) is 6.57. The Bertz CT molecular complexity index is 482. The molecule has 8 heteroatoms. The van der Waals surface area contributed by atoms with Crippen molar-refractivity contribution < 1.29 is 4.92 Å². The lowest BCUT2D eigenvalue weighted by Crippen LogP contribution is -2.26. The highest BCUT2D eigenvalue weighted by atomic mass is 35.5. The van der Waals surface area contributed by atoms with E-state index in [1.165, 1.54) is 11.8 Å². The van der Waals surface area contributed by atoms with Crippen molar-refractivity contribution in [3.63, 3.8) is 0 Å². The van der Waals surface area contributed by atoms with Gasteiger partial charge in [0.25, 0.3) is 6.54 Å². The van der Waals surface area contributed by atoms with Crippen LogP contribution in [0.2, 0.25) is 5.15 Å². The Morgan fingerprint density at radius 1 is 1.57 bits per heavy atom. The number of nitrogens with zero attached hydrogens (tertiary/aromatic N) is 4. The van der Waals surface area contributed by atoms with Crippen molar-refractivity contribution in [1.82, 2.24) is 9.88 Å². The van der Waals surface area contributed by atoms with Crippen LogP contribution in [0.4, 0.5) is 0 Å². The van der Waals surface area contributed by atoms with Crippen LogP contribution in [0.15, 0.2) is 23.3 Å². The van der Waals surface area contributed by atoms with Gasteiger partial charge in [0.15, 0.2) is 0 Å². The van der Waals surface area contributed by atoms with E-state index < -0.39 is 0 Å². The van der Waals surface area contributed by atoms with Gasteiger partial charge in [-0.05, 0) is 24.4 Å². The molecule has 1 rings (SSSR count). The summed E-state index contributed by atoms with van der Waals surface area (Å²) in [5.41, 5.74) is 1.08. The van der Waals surface area contributed by atoms with Crippen LogP contribution in [-0.4, -0.2) is 52.3 Å². The van der Waals surface area contributed by atoms with Crippen molar-refractivity contribution in [2.75, 3.05) is 32.4 Å². The topological polar surface area (TPSA) is 71.6 Å². The van der Waals surface area contributed by atoms with E-state index in [4.69, 9.17) is 11.6 Å². The average Bonchev–Trinajstić information content (AvgIpc) is 2.46. The number of aliphatic imine (C=N–C) groups is 1. The second-order valence-electron chi connectivity index (χ2n) is 4.33. The number of nitro groups is 1. The van der Waals surface area contributed by atoms with Crippen LogP contribution in [-0.2, 0) is 6.54 Å². The number of pyridine rings is 1. The van der Waals surface area contributed by atoms with Gasteiger partial charge in [-0.15, -0.1) is 11.8 Å². The number of hydrogen-bond donors (Lipinski definition) is 0. The van der Waals surface area contributed by atoms with Gasteiger partial charge >= 0.3 is 0 Å². The standard InChI is InChI=1S/C13H19ClN4O2S/c1-3-17(9-11-4-5-12(14)16-8-11)7-6-15-13(21-2)10-18(19)20/h4-5,8H,3,6-7,9-10H2,1-2H3. The minimum atomic E-state index is -0.355. The summed E-state index contributed by atoms with van der Waals surface area (Å²) in [5.74, 6) is 0. The normalized spacial score (nSPS) is 11.9. The van der Waals surface area contributed by atoms with Gasteiger partial charge in [-0.3, -0.25) is 20.0 Å². The monoisotopic (exact) mass is 330 g/mol. The van der Waals surface area contributed by atoms with E-state index in [-0.39, 0.29) is 11.5 Å². The van der Waals surface area contributed by atoms with E-state index in [0.29, 0.717) is 16.7 Å². The van der Waals surface area contributed by atoms with Crippen molar-refractivity contribution in [1.29, 1.82) is 0 Å². The molecule has 0 aromatic carbocycles. The largest absolute Gasteiger partial charge is 0.297 e. The second kappa shape index (κ2) is 9.70. The molecule has 0 saturated carbocycles. The van der Waals surface area contributed by atoms with Crippen molar-refractivity contribution >= 4 is 28.4 Å². The van der Waals surface area contributed by atoms with Gasteiger partial charge in [-0.2, -0.15) is 0 Å². The summed E-state index contributed by atoms with van der Waals surface area (Å²) >= 11 is 7.09. The van der Waals surface area contributed by atoms with Crippen LogP contribution < -0.4 is 0 Å². The van der Waals surface area contributed by atoms with Gasteiger partial charge in [-0.25, -0.2) is 4.98 Å². The van der Waals surface area contributed by atoms with E-state index in [1.54, 1.807) is 18.5 Å². The van der Waals surface area contributed by atoms with E-state index in [0.717, 1.165) is 25.2 Å². The second-order valence-corrected chi connectivity index (χ2v) is 5.60. The van der Waals surface area contributed by atoms with Crippen molar-refractivity contribution in [3.05, 3.63) is 39.2 Å². The maximum absolute atomic E-state index is 10.5. The number of hydrogen-bond acceptors (Lipinski definition) is 6. The molecule has 21 heavy (non-hydrogen) atoms. The molecule has 1 heterocycles. The molecule has 0 atom stereocenters. The molecular formula is C13H19ClN4O2S. The molecule has 0 aliphatic rings. The molecule has 0 bridgehead atoms. The summed E-state index contributed by atoms with van der Waals surface area (Å²) in [4.78, 5) is 20.7. The number of aromatic nitrogens is 1. The van der Waals surface area contributed by atoms with Crippen LogP contribution in [0.25, 0.3) is 0 Å². The summed E-state index contributed by atoms with van der Waals surface area (Å²) in [6, 6.07) is 3.72. The zero-order valence-electron chi connectivity index (χ0n) is 12.2. The fourth-order valence-electron chi connectivity index (χ4n) is 1.71. The van der Waals surface area contributed by atoms with Gasteiger partial charge < -0.3 is 0 Å². The van der Waals surface area contributed by atoms with E-state index in [9.17, 15) is 10.1 Å². The Morgan fingerprint density at radius 2 is 2.33 bits per heavy atom. The molecule has 0 fully saturated rings. The zero-order chi connectivity index (χ0) is 15.7. The number of likely N-dealkylation sites (N-methyl/N-ethyl adjacent to an activating group) is 1.